The second-order valence-corrected chi connectivity index (χ2v) is 4.75. The normalized spacial score (nSPS) is 33.7. The number of nitrogens with zero attached hydrogens (tertiary/aromatic N) is 1. The molecule has 0 aromatic carbocycles. The van der Waals surface area contributed by atoms with E-state index < -0.39 is 0 Å². The van der Waals surface area contributed by atoms with Crippen molar-refractivity contribution >= 4 is 0 Å². The second kappa shape index (κ2) is 2.57. The molecular formula is C10H20N2. The summed E-state index contributed by atoms with van der Waals surface area (Å²) < 4.78 is 0. The van der Waals surface area contributed by atoms with E-state index in [0.717, 1.165) is 0 Å². The zero-order valence-electron chi connectivity index (χ0n) is 8.76. The first kappa shape index (κ1) is 9.75. The van der Waals surface area contributed by atoms with Gasteiger partial charge in [0.15, 0.2) is 0 Å². The molecule has 0 saturated carbocycles. The van der Waals surface area contributed by atoms with Gasteiger partial charge >= 0.3 is 0 Å². The van der Waals surface area contributed by atoms with E-state index in [9.17, 15) is 0 Å². The number of nitrogens with two attached hydrogens (primary N) is 1. The Labute approximate surface area is 75.4 Å². The van der Waals surface area contributed by atoms with Crippen molar-refractivity contribution in [3.05, 3.63) is 12.2 Å². The highest BCUT2D eigenvalue weighted by Crippen LogP contribution is 2.30. The van der Waals surface area contributed by atoms with Gasteiger partial charge in [-0.25, -0.2) is 0 Å². The van der Waals surface area contributed by atoms with E-state index in [-0.39, 0.29) is 17.1 Å². The van der Waals surface area contributed by atoms with Crippen LogP contribution in [-0.4, -0.2) is 29.1 Å². The molecule has 1 rings (SSSR count). The van der Waals surface area contributed by atoms with E-state index in [2.05, 4.69) is 51.8 Å². The van der Waals surface area contributed by atoms with Crippen molar-refractivity contribution in [2.24, 2.45) is 5.73 Å². The van der Waals surface area contributed by atoms with Gasteiger partial charge in [-0.3, -0.25) is 4.90 Å². The lowest BCUT2D eigenvalue weighted by Crippen LogP contribution is -2.62. The summed E-state index contributed by atoms with van der Waals surface area (Å²) in [5, 5.41) is 0. The fraction of sp³-hybridized carbons (Fsp3) is 0.800. The van der Waals surface area contributed by atoms with Crippen LogP contribution in [0.25, 0.3) is 0 Å². The molecule has 0 spiro atoms. The lowest BCUT2D eigenvalue weighted by atomic mass is 9.83. The highest BCUT2D eigenvalue weighted by molar-refractivity contribution is 5.18. The van der Waals surface area contributed by atoms with Gasteiger partial charge in [0.25, 0.3) is 0 Å². The molecule has 0 aromatic rings. The summed E-state index contributed by atoms with van der Waals surface area (Å²) in [4.78, 5) is 2.32. The van der Waals surface area contributed by atoms with E-state index in [1.165, 1.54) is 0 Å². The van der Waals surface area contributed by atoms with Crippen LogP contribution in [0.3, 0.4) is 0 Å². The van der Waals surface area contributed by atoms with Gasteiger partial charge in [0.05, 0.1) is 0 Å². The van der Waals surface area contributed by atoms with Crippen LogP contribution < -0.4 is 5.73 Å². The first-order valence-electron chi connectivity index (χ1n) is 4.47. The molecule has 1 aliphatic heterocycles. The van der Waals surface area contributed by atoms with Crippen molar-refractivity contribution in [2.45, 2.75) is 44.8 Å². The van der Waals surface area contributed by atoms with Crippen LogP contribution in [0.1, 0.15) is 27.7 Å². The average Bonchev–Trinajstić information content (AvgIpc) is 1.96. The van der Waals surface area contributed by atoms with E-state index in [1.807, 2.05) is 0 Å². The van der Waals surface area contributed by atoms with Gasteiger partial charge in [-0.05, 0) is 34.7 Å². The third-order valence-corrected chi connectivity index (χ3v) is 3.26. The quantitative estimate of drug-likeness (QED) is 0.554. The summed E-state index contributed by atoms with van der Waals surface area (Å²) in [7, 11) is 2.13. The van der Waals surface area contributed by atoms with Gasteiger partial charge in [0.2, 0.25) is 0 Å². The molecule has 2 N–H and O–H groups in total. The van der Waals surface area contributed by atoms with Crippen molar-refractivity contribution in [1.29, 1.82) is 0 Å². The molecule has 2 nitrogen and oxygen atoms in total. The van der Waals surface area contributed by atoms with Crippen LogP contribution in [0, 0.1) is 0 Å². The lowest BCUT2D eigenvalue weighted by molar-refractivity contribution is 0.0535. The molecule has 1 heterocycles. The standard InChI is InChI=1S/C10H20N2/c1-9(2)7-6-8(11)10(3,4)12(9)5/h6-8H,11H2,1-5H3. The Morgan fingerprint density at radius 3 is 2.17 bits per heavy atom. The summed E-state index contributed by atoms with van der Waals surface area (Å²) in [5.41, 5.74) is 6.17. The molecule has 0 radical (unpaired) electrons. The van der Waals surface area contributed by atoms with E-state index >= 15 is 0 Å². The van der Waals surface area contributed by atoms with Gasteiger partial charge in [-0.2, -0.15) is 0 Å². The Hall–Kier alpha value is -0.340. The minimum absolute atomic E-state index is 0.0538. The number of hydrogen-bond donors (Lipinski definition) is 1. The minimum Gasteiger partial charge on any atom is -0.323 e. The Morgan fingerprint density at radius 2 is 1.75 bits per heavy atom. The maximum atomic E-state index is 6.00. The van der Waals surface area contributed by atoms with Crippen LogP contribution in [0.4, 0.5) is 0 Å². The fourth-order valence-electron chi connectivity index (χ4n) is 1.65. The third-order valence-electron chi connectivity index (χ3n) is 3.26. The Kier molecular flexibility index (Phi) is 2.09. The Balaban J connectivity index is 3.02. The van der Waals surface area contributed by atoms with Crippen LogP contribution >= 0.6 is 0 Å². The van der Waals surface area contributed by atoms with Crippen molar-refractivity contribution in [2.75, 3.05) is 7.05 Å². The smallest absolute Gasteiger partial charge is 0.0407 e. The third kappa shape index (κ3) is 1.29. The molecule has 0 bridgehead atoms. The van der Waals surface area contributed by atoms with Gasteiger partial charge in [0, 0.05) is 17.1 Å². The molecular weight excluding hydrogens is 148 g/mol. The van der Waals surface area contributed by atoms with Gasteiger partial charge in [-0.1, -0.05) is 12.2 Å². The molecule has 0 saturated heterocycles. The minimum atomic E-state index is 0.0538. The maximum Gasteiger partial charge on any atom is 0.0407 e. The molecule has 1 aliphatic rings. The van der Waals surface area contributed by atoms with E-state index in [1.54, 1.807) is 0 Å². The Bertz CT molecular complexity index is 204. The second-order valence-electron chi connectivity index (χ2n) is 4.75. The van der Waals surface area contributed by atoms with Gasteiger partial charge < -0.3 is 5.73 Å². The predicted molar refractivity (Wildman–Crippen MR) is 53.0 cm³/mol. The maximum absolute atomic E-state index is 6.00. The van der Waals surface area contributed by atoms with E-state index in [4.69, 9.17) is 5.73 Å². The summed E-state index contributed by atoms with van der Waals surface area (Å²) in [5.74, 6) is 0. The van der Waals surface area contributed by atoms with Crippen molar-refractivity contribution < 1.29 is 0 Å². The first-order valence-corrected chi connectivity index (χ1v) is 4.47. The molecule has 0 fully saturated rings. The molecule has 70 valence electrons. The SMILES string of the molecule is CN1C(C)(C)C=CC(N)C1(C)C. The van der Waals surface area contributed by atoms with E-state index in [0.29, 0.717) is 0 Å². The Morgan fingerprint density at radius 1 is 1.25 bits per heavy atom. The fourth-order valence-corrected chi connectivity index (χ4v) is 1.65. The highest BCUT2D eigenvalue weighted by Gasteiger charge is 2.39. The largest absolute Gasteiger partial charge is 0.323 e. The van der Waals surface area contributed by atoms with Gasteiger partial charge in [0.1, 0.15) is 0 Å². The summed E-state index contributed by atoms with van der Waals surface area (Å²) in [6, 6.07) is 0.135. The zero-order valence-corrected chi connectivity index (χ0v) is 8.76. The highest BCUT2D eigenvalue weighted by atomic mass is 15.2. The average molecular weight is 168 g/mol. The molecule has 12 heavy (non-hydrogen) atoms. The summed E-state index contributed by atoms with van der Waals surface area (Å²) in [6.07, 6.45) is 4.29. The predicted octanol–water partition coefficient (Wildman–Crippen LogP) is 1.37. The topological polar surface area (TPSA) is 29.3 Å². The number of rotatable bonds is 0. The summed E-state index contributed by atoms with van der Waals surface area (Å²) >= 11 is 0. The van der Waals surface area contributed by atoms with Crippen LogP contribution in [0.5, 0.6) is 0 Å². The summed E-state index contributed by atoms with van der Waals surface area (Å²) in [6.45, 7) is 8.78. The first-order chi connectivity index (χ1) is 5.28. The molecule has 0 aromatic heterocycles. The van der Waals surface area contributed by atoms with Crippen molar-refractivity contribution in [3.8, 4) is 0 Å². The monoisotopic (exact) mass is 168 g/mol. The number of hydrogen-bond acceptors (Lipinski definition) is 2. The lowest BCUT2D eigenvalue weighted by Gasteiger charge is -2.50. The van der Waals surface area contributed by atoms with Crippen LogP contribution in [0.2, 0.25) is 0 Å². The molecule has 1 unspecified atom stereocenters. The van der Waals surface area contributed by atoms with Crippen molar-refractivity contribution in [1.82, 2.24) is 4.90 Å². The zero-order chi connectivity index (χ0) is 9.57. The van der Waals surface area contributed by atoms with Crippen molar-refractivity contribution in [3.63, 3.8) is 0 Å². The van der Waals surface area contributed by atoms with Gasteiger partial charge in [-0.15, -0.1) is 0 Å². The van der Waals surface area contributed by atoms with Crippen LogP contribution in [-0.2, 0) is 0 Å². The molecule has 2 heteroatoms. The molecule has 1 atom stereocenters. The van der Waals surface area contributed by atoms with Crippen LogP contribution in [0.15, 0.2) is 12.2 Å². The molecule has 0 aliphatic carbocycles. The molecule has 0 amide bonds. The number of likely N-dealkylation sites (N-methyl/N-ethyl adjacent to an activating group) is 1.